The molecule has 3 aromatic rings. The van der Waals surface area contributed by atoms with E-state index in [2.05, 4.69) is 15.2 Å². The van der Waals surface area contributed by atoms with E-state index in [1.165, 1.54) is 0 Å². The van der Waals surface area contributed by atoms with Crippen molar-refractivity contribution in [3.8, 4) is 16.9 Å². The van der Waals surface area contributed by atoms with Gasteiger partial charge in [-0.15, -0.1) is 0 Å². The minimum atomic E-state index is -0.857. The van der Waals surface area contributed by atoms with Crippen LogP contribution in [0.5, 0.6) is 5.75 Å². The number of benzene rings is 2. The van der Waals surface area contributed by atoms with E-state index < -0.39 is 6.17 Å². The Labute approximate surface area is 248 Å². The Hall–Kier alpha value is -3.86. The second-order valence-electron chi connectivity index (χ2n) is 11.3. The number of rotatable bonds is 7. The third-order valence-electron chi connectivity index (χ3n) is 8.61. The summed E-state index contributed by atoms with van der Waals surface area (Å²) in [5.41, 5.74) is 10.5. The van der Waals surface area contributed by atoms with Crippen LogP contribution in [-0.2, 0) is 17.9 Å². The number of anilines is 2. The molecule has 4 N–H and O–H groups in total. The van der Waals surface area contributed by atoms with Crippen LogP contribution in [0.1, 0.15) is 36.0 Å². The van der Waals surface area contributed by atoms with Crippen LogP contribution in [-0.4, -0.2) is 63.8 Å². The first-order valence-corrected chi connectivity index (χ1v) is 14.5. The zero-order valence-corrected chi connectivity index (χ0v) is 23.8. The highest BCUT2D eigenvalue weighted by atomic mass is 35.5. The van der Waals surface area contributed by atoms with Gasteiger partial charge in [0.05, 0.1) is 41.2 Å². The van der Waals surface area contributed by atoms with Crippen LogP contribution in [0.25, 0.3) is 11.1 Å². The highest BCUT2D eigenvalue weighted by molar-refractivity contribution is 6.37. The second-order valence-corrected chi connectivity index (χ2v) is 11.6. The maximum absolute atomic E-state index is 14.5. The molecule has 7 rings (SSSR count). The number of nitrogens with zero attached hydrogens (tertiary/aromatic N) is 4. The highest BCUT2D eigenvalue weighted by Crippen LogP contribution is 2.46. The van der Waals surface area contributed by atoms with Crippen molar-refractivity contribution >= 4 is 28.9 Å². The van der Waals surface area contributed by atoms with E-state index in [4.69, 9.17) is 31.8 Å². The maximum atomic E-state index is 14.5. The summed E-state index contributed by atoms with van der Waals surface area (Å²) in [6.45, 7) is 2.23. The minimum absolute atomic E-state index is 0.0829. The summed E-state index contributed by atoms with van der Waals surface area (Å²) < 4.78 is 27.4. The van der Waals surface area contributed by atoms with Crippen LogP contribution < -0.4 is 15.8 Å². The molecule has 11 heteroatoms. The molecular weight excluding hydrogens is 559 g/mol. The standard InChI is InChI=1S/C31H32ClFN6O3/c32-27-23(20-5-1-4-19(10-20)16-40)11-24-26-28(27)36-18-37-30(26)38(13-21-6-2-8-35-29(21)34)15-25(42-24)41-17-31-7-3-9-39(31)14-22(33)12-31/h1-2,4-6,8,10-11,15,22,36,40H,3,7,9,12-14,16-18H2,(H2,34,35)/t22-,31+/m1/s1. The molecule has 0 saturated carbocycles. The van der Waals surface area contributed by atoms with Crippen LogP contribution in [0.15, 0.2) is 65.8 Å². The van der Waals surface area contributed by atoms with Gasteiger partial charge in [0.1, 0.15) is 36.9 Å². The van der Waals surface area contributed by atoms with Crippen molar-refractivity contribution < 1.29 is 19.0 Å². The number of aliphatic hydroxyl groups is 1. The predicted molar refractivity (Wildman–Crippen MR) is 160 cm³/mol. The van der Waals surface area contributed by atoms with Crippen LogP contribution >= 0.6 is 11.6 Å². The third-order valence-corrected chi connectivity index (χ3v) is 9.00. The molecule has 5 heterocycles. The van der Waals surface area contributed by atoms with Gasteiger partial charge in [-0.05, 0) is 48.7 Å². The first-order valence-electron chi connectivity index (χ1n) is 14.2. The molecule has 42 heavy (non-hydrogen) atoms. The lowest BCUT2D eigenvalue weighted by atomic mass is 9.95. The Balaban J connectivity index is 1.31. The lowest BCUT2D eigenvalue weighted by Crippen LogP contribution is -2.42. The van der Waals surface area contributed by atoms with Gasteiger partial charge in [0.2, 0.25) is 0 Å². The monoisotopic (exact) mass is 590 g/mol. The summed E-state index contributed by atoms with van der Waals surface area (Å²) in [5, 5.41) is 13.6. The SMILES string of the molecule is Nc1ncccc1CN1C=C(OC[C@@]23CCCN2C[C@H](F)C3)Oc2cc(-c3cccc(CO)c3)c(Cl)c3c2C1=NCN3. The number of halogens is 2. The summed E-state index contributed by atoms with van der Waals surface area (Å²) in [7, 11) is 0. The largest absolute Gasteiger partial charge is 0.462 e. The molecule has 0 aliphatic carbocycles. The van der Waals surface area contributed by atoms with Crippen molar-refractivity contribution in [2.45, 2.75) is 44.1 Å². The van der Waals surface area contributed by atoms with Crippen molar-refractivity contribution in [3.05, 3.63) is 82.5 Å². The molecular formula is C31H32ClFN6O3. The number of aromatic nitrogens is 1. The number of ether oxygens (including phenoxy) is 2. The molecule has 2 aromatic carbocycles. The Morgan fingerprint density at radius 1 is 1.26 bits per heavy atom. The van der Waals surface area contributed by atoms with Gasteiger partial charge in [-0.25, -0.2) is 14.4 Å². The summed E-state index contributed by atoms with van der Waals surface area (Å²) >= 11 is 7.05. The molecule has 0 radical (unpaired) electrons. The quantitative estimate of drug-likeness (QED) is 0.357. The summed E-state index contributed by atoms with van der Waals surface area (Å²) in [5.74, 6) is 1.88. The molecule has 1 aromatic heterocycles. The third kappa shape index (κ3) is 4.73. The van der Waals surface area contributed by atoms with E-state index in [0.29, 0.717) is 66.5 Å². The number of aliphatic imine (C=N–C) groups is 1. The number of nitrogens with one attached hydrogen (secondary N) is 1. The fraction of sp³-hybridized carbons (Fsp3) is 0.355. The molecule has 218 valence electrons. The van der Waals surface area contributed by atoms with Gasteiger partial charge in [0.25, 0.3) is 0 Å². The van der Waals surface area contributed by atoms with Crippen molar-refractivity contribution in [2.24, 2.45) is 4.99 Å². The number of nitrogens with two attached hydrogens (primary N) is 1. The molecule has 9 nitrogen and oxygen atoms in total. The average molecular weight is 591 g/mol. The van der Waals surface area contributed by atoms with Crippen molar-refractivity contribution in [1.29, 1.82) is 0 Å². The van der Waals surface area contributed by atoms with Gasteiger partial charge in [0, 0.05) is 30.3 Å². The number of amidine groups is 1. The van der Waals surface area contributed by atoms with Gasteiger partial charge < -0.3 is 30.5 Å². The Bertz CT molecular complexity index is 1600. The van der Waals surface area contributed by atoms with E-state index in [1.807, 2.05) is 47.4 Å². The van der Waals surface area contributed by atoms with E-state index >= 15 is 0 Å². The molecule has 0 amide bonds. The van der Waals surface area contributed by atoms with Gasteiger partial charge >= 0.3 is 5.95 Å². The van der Waals surface area contributed by atoms with Gasteiger partial charge in [0.15, 0.2) is 0 Å². The van der Waals surface area contributed by atoms with Crippen molar-refractivity contribution in [3.63, 3.8) is 0 Å². The molecule has 2 fully saturated rings. The normalized spacial score (nSPS) is 22.8. The van der Waals surface area contributed by atoms with E-state index in [1.54, 1.807) is 12.4 Å². The molecule has 2 saturated heterocycles. The number of aliphatic hydroxyl groups excluding tert-OH is 1. The Morgan fingerprint density at radius 3 is 3.02 bits per heavy atom. The predicted octanol–water partition coefficient (Wildman–Crippen LogP) is 4.89. The lowest BCUT2D eigenvalue weighted by molar-refractivity contribution is 0.0270. The topological polar surface area (TPSA) is 108 Å². The molecule has 4 aliphatic rings. The average Bonchev–Trinajstić information content (AvgIpc) is 3.48. The zero-order valence-electron chi connectivity index (χ0n) is 23.0. The Morgan fingerprint density at radius 2 is 2.17 bits per heavy atom. The molecule has 4 aliphatic heterocycles. The van der Waals surface area contributed by atoms with Gasteiger partial charge in [-0.3, -0.25) is 4.90 Å². The van der Waals surface area contributed by atoms with Crippen LogP contribution in [0, 0.1) is 0 Å². The zero-order chi connectivity index (χ0) is 28.8. The number of hydrogen-bond donors (Lipinski definition) is 3. The Kier molecular flexibility index (Phi) is 6.92. The fourth-order valence-corrected chi connectivity index (χ4v) is 6.91. The number of hydrogen-bond acceptors (Lipinski definition) is 9. The number of nitrogen functional groups attached to an aromatic ring is 1. The smallest absolute Gasteiger partial charge is 0.301 e. The fourth-order valence-electron chi connectivity index (χ4n) is 6.59. The molecule has 0 spiro atoms. The van der Waals surface area contributed by atoms with Crippen LogP contribution in [0.2, 0.25) is 5.02 Å². The van der Waals surface area contributed by atoms with Crippen LogP contribution in [0.4, 0.5) is 15.9 Å². The van der Waals surface area contributed by atoms with E-state index in [0.717, 1.165) is 41.6 Å². The summed E-state index contributed by atoms with van der Waals surface area (Å²) in [6.07, 6.45) is 4.95. The molecule has 0 bridgehead atoms. The second kappa shape index (κ2) is 10.8. The number of pyridine rings is 1. The first-order chi connectivity index (χ1) is 20.4. The van der Waals surface area contributed by atoms with E-state index in [-0.39, 0.29) is 18.1 Å². The number of alkyl halides is 1. The lowest BCUT2D eigenvalue weighted by Gasteiger charge is -2.31. The van der Waals surface area contributed by atoms with Crippen molar-refractivity contribution in [1.82, 2.24) is 14.8 Å². The first kappa shape index (κ1) is 27.0. The number of fused-ring (bicyclic) bond motifs is 1. The minimum Gasteiger partial charge on any atom is -0.462 e. The summed E-state index contributed by atoms with van der Waals surface area (Å²) in [6, 6.07) is 13.2. The van der Waals surface area contributed by atoms with Crippen molar-refractivity contribution in [2.75, 3.05) is 37.4 Å². The van der Waals surface area contributed by atoms with Gasteiger partial charge in [-0.2, -0.15) is 0 Å². The molecule has 2 atom stereocenters. The summed E-state index contributed by atoms with van der Waals surface area (Å²) in [4.78, 5) is 13.2. The van der Waals surface area contributed by atoms with E-state index in [9.17, 15) is 9.50 Å². The van der Waals surface area contributed by atoms with Crippen LogP contribution in [0.3, 0.4) is 0 Å². The van der Waals surface area contributed by atoms with Gasteiger partial charge in [-0.1, -0.05) is 35.9 Å². The highest BCUT2D eigenvalue weighted by Gasteiger charge is 2.49. The maximum Gasteiger partial charge on any atom is 0.301 e. The molecule has 0 unspecified atom stereocenters.